The van der Waals surface area contributed by atoms with E-state index in [0.717, 1.165) is 34.6 Å². The van der Waals surface area contributed by atoms with E-state index in [1.807, 2.05) is 103 Å². The Balaban J connectivity index is 0.00000480. The summed E-state index contributed by atoms with van der Waals surface area (Å²) in [6.45, 7) is 3.52. The van der Waals surface area contributed by atoms with Crippen LogP contribution in [0.25, 0.3) is 11.6 Å². The Labute approximate surface area is 294 Å². The van der Waals surface area contributed by atoms with Crippen molar-refractivity contribution in [1.82, 2.24) is 0 Å². The first kappa shape index (κ1) is 35.4. The number of phenolic OH excluding ortho intramolecular Hbond substituents is 1. The van der Waals surface area contributed by atoms with E-state index in [2.05, 4.69) is 33.3 Å². The summed E-state index contributed by atoms with van der Waals surface area (Å²) in [5.74, 6) is -0.400. The maximum Gasteiger partial charge on any atom is 1.00 e. The molecule has 1 N–H and O–H groups in total. The minimum atomic E-state index is -5.05. The van der Waals surface area contributed by atoms with Crippen LogP contribution in [0.3, 0.4) is 0 Å². The predicted molar refractivity (Wildman–Crippen MR) is 171 cm³/mol. The van der Waals surface area contributed by atoms with E-state index >= 15 is 0 Å². The molecule has 5 rings (SSSR count). The second-order valence-electron chi connectivity index (χ2n) is 10.1. The van der Waals surface area contributed by atoms with Crippen LogP contribution < -0.4 is 50.2 Å². The van der Waals surface area contributed by atoms with E-state index in [0.29, 0.717) is 34.9 Å². The van der Waals surface area contributed by atoms with Crippen LogP contribution in [0.5, 0.6) is 5.75 Å². The van der Waals surface area contributed by atoms with Crippen LogP contribution in [-0.4, -0.2) is 24.6 Å². The fourth-order valence-corrected chi connectivity index (χ4v) is 6.24. The van der Waals surface area contributed by atoms with Crippen molar-refractivity contribution in [3.8, 4) is 5.75 Å². The summed E-state index contributed by atoms with van der Waals surface area (Å²) < 4.78 is 42.0. The van der Waals surface area contributed by atoms with Crippen molar-refractivity contribution in [2.45, 2.75) is 23.3 Å². The SMILES string of the molecule is CCN(Cc1ccccc1)c1ccc(C(c2cc(O)c(SOO[O-])cc2S(=O)(=O)[O-])=c2ccc(=Cc3ccccc3)cc2)cc1.[Na+]. The standard InChI is InChI=1S/C35H31NO7S2.Na/c1-2-36(24-27-11-7-4-8-12-27)30-19-17-29(18-20-30)35(28-15-13-26(14-16-28)21-25-9-5-3-6-10-25)31-22-32(37)33(44-43-42-38)23-34(31)45(39,40)41;/h3-23,37-38H,2,24H2,1H3,(H,39,40,41);/q;+1/p-2. The smallest absolute Gasteiger partial charge is 0.744 e. The minimum Gasteiger partial charge on any atom is -0.744 e. The van der Waals surface area contributed by atoms with Crippen LogP contribution in [0.1, 0.15) is 29.2 Å². The van der Waals surface area contributed by atoms with Crippen LogP contribution in [0.4, 0.5) is 5.69 Å². The molecule has 0 spiro atoms. The number of benzene rings is 5. The van der Waals surface area contributed by atoms with E-state index in [1.54, 1.807) is 0 Å². The van der Waals surface area contributed by atoms with Gasteiger partial charge in [0.15, 0.2) is 0 Å². The molecule has 5 aromatic carbocycles. The van der Waals surface area contributed by atoms with Gasteiger partial charge in [0.25, 0.3) is 0 Å². The van der Waals surface area contributed by atoms with Gasteiger partial charge in [0, 0.05) is 24.3 Å². The second-order valence-corrected chi connectivity index (χ2v) is 12.2. The first-order valence-corrected chi connectivity index (χ1v) is 16.1. The summed E-state index contributed by atoms with van der Waals surface area (Å²) in [5.41, 5.74) is 4.17. The molecular weight excluding hydrogens is 634 g/mol. The Hall–Kier alpha value is -3.42. The Bertz CT molecular complexity index is 1970. The molecular formula is C35H29NNaO7S2-. The summed E-state index contributed by atoms with van der Waals surface area (Å²) in [7, 11) is -5.05. The molecule has 0 aliphatic rings. The number of nitrogens with zero attached hydrogens (tertiary/aromatic N) is 1. The van der Waals surface area contributed by atoms with E-state index in [9.17, 15) is 23.3 Å². The molecule has 46 heavy (non-hydrogen) atoms. The quantitative estimate of drug-likeness (QED) is 0.0740. The largest absolute Gasteiger partial charge is 1.00 e. The van der Waals surface area contributed by atoms with Gasteiger partial charge in [-0.2, -0.15) is 4.33 Å². The van der Waals surface area contributed by atoms with Gasteiger partial charge < -0.3 is 19.8 Å². The second kappa shape index (κ2) is 16.4. The third kappa shape index (κ3) is 8.89. The summed E-state index contributed by atoms with van der Waals surface area (Å²) in [6.07, 6.45) is 2.01. The maximum absolute atomic E-state index is 12.6. The zero-order valence-electron chi connectivity index (χ0n) is 25.2. The van der Waals surface area contributed by atoms with Crippen LogP contribution in [0, 0.1) is 0 Å². The topological polar surface area (TPSA) is 122 Å². The number of hydrogen-bond acceptors (Lipinski definition) is 9. The average molecular weight is 663 g/mol. The molecule has 0 aliphatic heterocycles. The molecule has 0 amide bonds. The Morgan fingerprint density at radius 2 is 1.52 bits per heavy atom. The van der Waals surface area contributed by atoms with Gasteiger partial charge in [-0.25, -0.2) is 8.42 Å². The monoisotopic (exact) mass is 662 g/mol. The molecule has 0 fully saturated rings. The molecule has 0 heterocycles. The summed E-state index contributed by atoms with van der Waals surface area (Å²) in [5, 5.41) is 26.0. The van der Waals surface area contributed by atoms with Crippen molar-refractivity contribution in [1.29, 1.82) is 0 Å². The van der Waals surface area contributed by atoms with Crippen molar-refractivity contribution in [3.63, 3.8) is 0 Å². The molecule has 0 atom stereocenters. The number of anilines is 1. The number of phenols is 1. The predicted octanol–water partition coefficient (Wildman–Crippen LogP) is 1.63. The van der Waals surface area contributed by atoms with Gasteiger partial charge in [-0.1, -0.05) is 97.1 Å². The van der Waals surface area contributed by atoms with E-state index in [1.165, 1.54) is 6.07 Å². The molecule has 5 aromatic rings. The zero-order valence-corrected chi connectivity index (χ0v) is 28.8. The normalized spacial score (nSPS) is 11.0. The molecule has 0 aromatic heterocycles. The zero-order chi connectivity index (χ0) is 31.8. The Kier molecular flexibility index (Phi) is 12.6. The molecule has 0 saturated heterocycles. The number of aromatic hydroxyl groups is 1. The van der Waals surface area contributed by atoms with E-state index in [-0.39, 0.29) is 40.0 Å². The molecule has 8 nitrogen and oxygen atoms in total. The third-order valence-corrected chi connectivity index (χ3v) is 8.71. The third-order valence-electron chi connectivity index (χ3n) is 7.20. The molecule has 0 radical (unpaired) electrons. The van der Waals surface area contributed by atoms with Gasteiger partial charge in [-0.05, 0) is 70.0 Å². The van der Waals surface area contributed by atoms with Crippen molar-refractivity contribution < 1.29 is 62.3 Å². The van der Waals surface area contributed by atoms with Crippen LogP contribution in [0.2, 0.25) is 0 Å². The van der Waals surface area contributed by atoms with Gasteiger partial charge in [0.2, 0.25) is 0 Å². The molecule has 11 heteroatoms. The Morgan fingerprint density at radius 3 is 2.11 bits per heavy atom. The van der Waals surface area contributed by atoms with Gasteiger partial charge in [0.05, 0.1) is 21.8 Å². The van der Waals surface area contributed by atoms with Gasteiger partial charge in [-0.3, -0.25) is 5.04 Å². The number of rotatable bonds is 11. The maximum atomic E-state index is 12.6. The van der Waals surface area contributed by atoms with Crippen LogP contribution >= 0.6 is 12.0 Å². The fourth-order valence-electron chi connectivity index (χ4n) is 5.06. The van der Waals surface area contributed by atoms with Gasteiger partial charge in [-0.15, -0.1) is 0 Å². The Morgan fingerprint density at radius 1 is 0.891 bits per heavy atom. The minimum absolute atomic E-state index is 0. The average Bonchev–Trinajstić information content (AvgIpc) is 3.05. The molecule has 0 unspecified atom stereocenters. The van der Waals surface area contributed by atoms with Gasteiger partial charge >= 0.3 is 29.6 Å². The fraction of sp³-hybridized carbons (Fsp3) is 0.0857. The first-order valence-electron chi connectivity index (χ1n) is 14.0. The van der Waals surface area contributed by atoms with Crippen LogP contribution in [-0.2, 0) is 26.0 Å². The van der Waals surface area contributed by atoms with Crippen molar-refractivity contribution in [2.24, 2.45) is 0 Å². The van der Waals surface area contributed by atoms with Crippen molar-refractivity contribution in [2.75, 3.05) is 11.4 Å². The van der Waals surface area contributed by atoms with E-state index < -0.39 is 20.8 Å². The van der Waals surface area contributed by atoms with Gasteiger partial charge in [0.1, 0.15) is 15.9 Å². The van der Waals surface area contributed by atoms with Crippen LogP contribution in [0.15, 0.2) is 131 Å². The molecule has 0 bridgehead atoms. The number of hydrogen-bond donors (Lipinski definition) is 1. The van der Waals surface area contributed by atoms with Crippen molar-refractivity contribution in [3.05, 3.63) is 154 Å². The summed E-state index contributed by atoms with van der Waals surface area (Å²) in [6, 6.07) is 37.1. The summed E-state index contributed by atoms with van der Waals surface area (Å²) in [4.78, 5) is 1.44. The molecule has 230 valence electrons. The molecule has 0 saturated carbocycles. The summed E-state index contributed by atoms with van der Waals surface area (Å²) >= 11 is 0.293. The van der Waals surface area contributed by atoms with E-state index in [4.69, 9.17) is 0 Å². The first-order chi connectivity index (χ1) is 21.8. The van der Waals surface area contributed by atoms with Crippen molar-refractivity contribution >= 4 is 39.5 Å². The molecule has 0 aliphatic carbocycles.